The molecule has 1 unspecified atom stereocenters. The van der Waals surface area contributed by atoms with Gasteiger partial charge in [0, 0.05) is 12.0 Å². The summed E-state index contributed by atoms with van der Waals surface area (Å²) in [4.78, 5) is 10.4. The molecule has 0 fully saturated rings. The van der Waals surface area contributed by atoms with Gasteiger partial charge in [-0.15, -0.1) is 0 Å². The van der Waals surface area contributed by atoms with E-state index in [1.165, 1.54) is 6.08 Å². The highest BCUT2D eigenvalue weighted by Crippen LogP contribution is 2.36. The van der Waals surface area contributed by atoms with Crippen LogP contribution in [-0.4, -0.2) is 24.8 Å². The monoisotopic (exact) mass is 234 g/mol. The Labute approximate surface area is 99.5 Å². The Hall–Kier alpha value is -1.97. The SMILES string of the molecule is COc1cccc2c1OCC(C=CC(=O)O)C2. The fourth-order valence-electron chi connectivity index (χ4n) is 1.92. The van der Waals surface area contributed by atoms with Gasteiger partial charge in [-0.3, -0.25) is 0 Å². The van der Waals surface area contributed by atoms with Gasteiger partial charge in [0.25, 0.3) is 0 Å². The van der Waals surface area contributed by atoms with Crippen LogP contribution in [0.3, 0.4) is 0 Å². The number of carboxylic acids is 1. The average Bonchev–Trinajstić information content (AvgIpc) is 2.35. The molecular weight excluding hydrogens is 220 g/mol. The highest BCUT2D eigenvalue weighted by Gasteiger charge is 2.20. The fourth-order valence-corrected chi connectivity index (χ4v) is 1.92. The Bertz CT molecular complexity index is 451. The summed E-state index contributed by atoms with van der Waals surface area (Å²) in [5.74, 6) is 0.672. The van der Waals surface area contributed by atoms with E-state index in [-0.39, 0.29) is 5.92 Å². The number of fused-ring (bicyclic) bond motifs is 1. The van der Waals surface area contributed by atoms with Crippen molar-refractivity contribution in [2.75, 3.05) is 13.7 Å². The maximum atomic E-state index is 10.4. The zero-order chi connectivity index (χ0) is 12.3. The summed E-state index contributed by atoms with van der Waals surface area (Å²) in [5, 5.41) is 8.57. The van der Waals surface area contributed by atoms with Gasteiger partial charge in [0.15, 0.2) is 11.5 Å². The zero-order valence-corrected chi connectivity index (χ0v) is 9.55. The molecule has 0 aliphatic carbocycles. The Morgan fingerprint density at radius 2 is 2.41 bits per heavy atom. The van der Waals surface area contributed by atoms with Crippen molar-refractivity contribution in [3.05, 3.63) is 35.9 Å². The van der Waals surface area contributed by atoms with Crippen LogP contribution >= 0.6 is 0 Å². The smallest absolute Gasteiger partial charge is 0.327 e. The molecule has 4 heteroatoms. The molecule has 0 spiro atoms. The van der Waals surface area contributed by atoms with Gasteiger partial charge in [0.1, 0.15) is 0 Å². The topological polar surface area (TPSA) is 55.8 Å². The van der Waals surface area contributed by atoms with Crippen LogP contribution in [0.4, 0.5) is 0 Å². The minimum atomic E-state index is -0.929. The van der Waals surface area contributed by atoms with Crippen molar-refractivity contribution in [3.8, 4) is 11.5 Å². The second-order valence-electron chi connectivity index (χ2n) is 3.92. The van der Waals surface area contributed by atoms with E-state index in [0.29, 0.717) is 6.61 Å². The van der Waals surface area contributed by atoms with Crippen molar-refractivity contribution in [3.63, 3.8) is 0 Å². The predicted molar refractivity (Wildman–Crippen MR) is 62.5 cm³/mol. The largest absolute Gasteiger partial charge is 0.493 e. The van der Waals surface area contributed by atoms with Crippen LogP contribution in [0.25, 0.3) is 0 Å². The summed E-state index contributed by atoms with van der Waals surface area (Å²) in [6.07, 6.45) is 3.61. The molecule has 0 amide bonds. The van der Waals surface area contributed by atoms with E-state index in [1.54, 1.807) is 13.2 Å². The molecule has 90 valence electrons. The molecular formula is C13H14O4. The second-order valence-corrected chi connectivity index (χ2v) is 3.92. The van der Waals surface area contributed by atoms with Gasteiger partial charge in [0.05, 0.1) is 13.7 Å². The lowest BCUT2D eigenvalue weighted by atomic mass is 9.96. The van der Waals surface area contributed by atoms with E-state index in [2.05, 4.69) is 0 Å². The first-order chi connectivity index (χ1) is 8.20. The van der Waals surface area contributed by atoms with Crippen LogP contribution in [0.15, 0.2) is 30.4 Å². The quantitative estimate of drug-likeness (QED) is 0.811. The number of hydrogen-bond acceptors (Lipinski definition) is 3. The molecule has 1 aliphatic rings. The number of benzene rings is 1. The molecule has 1 aromatic rings. The Morgan fingerprint density at radius 1 is 1.59 bits per heavy atom. The summed E-state index contributed by atoms with van der Waals surface area (Å²) < 4.78 is 10.8. The van der Waals surface area contributed by atoms with Crippen molar-refractivity contribution in [1.82, 2.24) is 0 Å². The third kappa shape index (κ3) is 2.58. The Balaban J connectivity index is 2.17. The van der Waals surface area contributed by atoms with Crippen molar-refractivity contribution < 1.29 is 19.4 Å². The number of methoxy groups -OCH3 is 1. The molecule has 0 saturated heterocycles. The average molecular weight is 234 g/mol. The Kier molecular flexibility index (Phi) is 3.32. The number of hydrogen-bond donors (Lipinski definition) is 1. The predicted octanol–water partition coefficient (Wildman–Crippen LogP) is 1.89. The standard InChI is InChI=1S/C13H14O4/c1-16-11-4-2-3-10-7-9(5-6-12(14)15)8-17-13(10)11/h2-6,9H,7-8H2,1H3,(H,14,15). The number of aliphatic carboxylic acids is 1. The molecule has 1 atom stereocenters. The van der Waals surface area contributed by atoms with Gasteiger partial charge in [-0.25, -0.2) is 4.79 Å². The summed E-state index contributed by atoms with van der Waals surface area (Å²) in [7, 11) is 1.61. The number of carboxylic acid groups (broad SMARTS) is 1. The van der Waals surface area contributed by atoms with Gasteiger partial charge in [-0.1, -0.05) is 18.2 Å². The molecule has 1 heterocycles. The highest BCUT2D eigenvalue weighted by atomic mass is 16.5. The van der Waals surface area contributed by atoms with E-state index in [0.717, 1.165) is 23.5 Å². The normalized spacial score (nSPS) is 18.5. The first-order valence-corrected chi connectivity index (χ1v) is 5.40. The number of ether oxygens (including phenoxy) is 2. The molecule has 0 radical (unpaired) electrons. The van der Waals surface area contributed by atoms with Gasteiger partial charge in [-0.2, -0.15) is 0 Å². The molecule has 1 aliphatic heterocycles. The van der Waals surface area contributed by atoms with Crippen LogP contribution in [0, 0.1) is 5.92 Å². The summed E-state index contributed by atoms with van der Waals surface area (Å²) >= 11 is 0. The van der Waals surface area contributed by atoms with Gasteiger partial charge < -0.3 is 14.6 Å². The van der Waals surface area contributed by atoms with E-state index in [4.69, 9.17) is 14.6 Å². The van der Waals surface area contributed by atoms with Crippen molar-refractivity contribution >= 4 is 5.97 Å². The summed E-state index contributed by atoms with van der Waals surface area (Å²) in [5.41, 5.74) is 1.05. The first-order valence-electron chi connectivity index (χ1n) is 5.40. The van der Waals surface area contributed by atoms with Crippen molar-refractivity contribution in [2.24, 2.45) is 5.92 Å². The first kappa shape index (κ1) is 11.5. The van der Waals surface area contributed by atoms with Crippen LogP contribution in [0.5, 0.6) is 11.5 Å². The third-order valence-electron chi connectivity index (χ3n) is 2.72. The fraction of sp³-hybridized carbons (Fsp3) is 0.308. The third-order valence-corrected chi connectivity index (χ3v) is 2.72. The van der Waals surface area contributed by atoms with E-state index < -0.39 is 5.97 Å². The maximum absolute atomic E-state index is 10.4. The maximum Gasteiger partial charge on any atom is 0.327 e. The van der Waals surface area contributed by atoms with Crippen molar-refractivity contribution in [2.45, 2.75) is 6.42 Å². The van der Waals surface area contributed by atoms with E-state index in [9.17, 15) is 4.79 Å². The zero-order valence-electron chi connectivity index (χ0n) is 9.55. The van der Waals surface area contributed by atoms with Gasteiger partial charge >= 0.3 is 5.97 Å². The molecule has 4 nitrogen and oxygen atoms in total. The highest BCUT2D eigenvalue weighted by molar-refractivity contribution is 5.79. The minimum Gasteiger partial charge on any atom is -0.493 e. The van der Waals surface area contributed by atoms with Crippen LogP contribution in [-0.2, 0) is 11.2 Å². The number of carbonyl (C=O) groups is 1. The second kappa shape index (κ2) is 4.91. The van der Waals surface area contributed by atoms with Crippen molar-refractivity contribution in [1.29, 1.82) is 0 Å². The van der Waals surface area contributed by atoms with Crippen LogP contribution in [0.2, 0.25) is 0 Å². The molecule has 0 aromatic heterocycles. The summed E-state index contributed by atoms with van der Waals surface area (Å²) in [6.45, 7) is 0.483. The number of rotatable bonds is 3. The summed E-state index contributed by atoms with van der Waals surface area (Å²) in [6, 6.07) is 5.73. The van der Waals surface area contributed by atoms with Gasteiger partial charge in [-0.05, 0) is 18.1 Å². The lowest BCUT2D eigenvalue weighted by Gasteiger charge is -2.24. The molecule has 1 aromatic carbocycles. The molecule has 1 N–H and O–H groups in total. The van der Waals surface area contributed by atoms with Crippen LogP contribution < -0.4 is 9.47 Å². The molecule has 2 rings (SSSR count). The minimum absolute atomic E-state index is 0.103. The van der Waals surface area contributed by atoms with Crippen LogP contribution in [0.1, 0.15) is 5.56 Å². The lowest BCUT2D eigenvalue weighted by molar-refractivity contribution is -0.131. The number of para-hydroxylation sites is 1. The lowest BCUT2D eigenvalue weighted by Crippen LogP contribution is -2.19. The molecule has 17 heavy (non-hydrogen) atoms. The van der Waals surface area contributed by atoms with E-state index >= 15 is 0 Å². The van der Waals surface area contributed by atoms with Gasteiger partial charge in [0.2, 0.25) is 0 Å². The molecule has 0 bridgehead atoms. The molecule has 0 saturated carbocycles. The Morgan fingerprint density at radius 3 is 3.12 bits per heavy atom. The van der Waals surface area contributed by atoms with E-state index in [1.807, 2.05) is 18.2 Å².